The van der Waals surface area contributed by atoms with Crippen LogP contribution in [0.4, 0.5) is 9.52 Å². The number of nitrogens with zero attached hydrogens (tertiary/aromatic N) is 2. The van der Waals surface area contributed by atoms with Gasteiger partial charge in [-0.1, -0.05) is 0 Å². The molecule has 1 aliphatic rings. The average Bonchev–Trinajstić information content (AvgIpc) is 3.16. The van der Waals surface area contributed by atoms with Crippen LogP contribution in [0, 0.1) is 18.7 Å². The Morgan fingerprint density at radius 1 is 1.20 bits per heavy atom. The minimum absolute atomic E-state index is 0.0282. The first-order chi connectivity index (χ1) is 14.4. The maximum absolute atomic E-state index is 12.9. The Kier molecular flexibility index (Phi) is 7.51. The number of aryl methyl sites for hydroxylation is 1. The van der Waals surface area contributed by atoms with Gasteiger partial charge < -0.3 is 15.5 Å². The lowest BCUT2D eigenvalue weighted by Gasteiger charge is -2.31. The number of amides is 3. The summed E-state index contributed by atoms with van der Waals surface area (Å²) in [6.45, 7) is 3.35. The summed E-state index contributed by atoms with van der Waals surface area (Å²) in [5, 5.41) is 8.08. The highest BCUT2D eigenvalue weighted by molar-refractivity contribution is 7.13. The number of likely N-dealkylation sites (tertiary alicyclic amines) is 1. The fourth-order valence-electron chi connectivity index (χ4n) is 3.31. The van der Waals surface area contributed by atoms with Crippen molar-refractivity contribution in [2.45, 2.75) is 32.6 Å². The van der Waals surface area contributed by atoms with E-state index in [2.05, 4.69) is 15.6 Å². The Bertz CT molecular complexity index is 892. The Balaban J connectivity index is 1.33. The molecule has 2 heterocycles. The number of nitrogens with one attached hydrogen (secondary N) is 2. The molecule has 7 nitrogen and oxygen atoms in total. The van der Waals surface area contributed by atoms with Crippen molar-refractivity contribution in [3.05, 3.63) is 46.7 Å². The summed E-state index contributed by atoms with van der Waals surface area (Å²) < 4.78 is 12.9. The number of rotatable bonds is 7. The van der Waals surface area contributed by atoms with E-state index in [0.717, 1.165) is 5.69 Å². The zero-order chi connectivity index (χ0) is 21.5. The largest absolute Gasteiger partial charge is 0.352 e. The van der Waals surface area contributed by atoms with Crippen LogP contribution < -0.4 is 10.6 Å². The van der Waals surface area contributed by atoms with Crippen molar-refractivity contribution >= 4 is 34.2 Å². The third kappa shape index (κ3) is 6.09. The number of piperidine rings is 1. The molecular formula is C21H25FN4O3S. The number of benzene rings is 1. The molecule has 0 unspecified atom stereocenters. The highest BCUT2D eigenvalue weighted by Gasteiger charge is 2.27. The van der Waals surface area contributed by atoms with Crippen LogP contribution in [0.2, 0.25) is 0 Å². The zero-order valence-corrected chi connectivity index (χ0v) is 17.6. The van der Waals surface area contributed by atoms with Gasteiger partial charge in [0.25, 0.3) is 5.91 Å². The summed E-state index contributed by atoms with van der Waals surface area (Å²) in [6.07, 6.45) is 2.11. The van der Waals surface area contributed by atoms with E-state index < -0.39 is 5.82 Å². The topological polar surface area (TPSA) is 91.4 Å². The van der Waals surface area contributed by atoms with Gasteiger partial charge in [0.1, 0.15) is 5.82 Å². The maximum Gasteiger partial charge on any atom is 0.251 e. The minimum Gasteiger partial charge on any atom is -0.352 e. The first-order valence-electron chi connectivity index (χ1n) is 9.97. The molecule has 0 bridgehead atoms. The third-order valence-corrected chi connectivity index (χ3v) is 5.90. The molecule has 3 amide bonds. The monoisotopic (exact) mass is 432 g/mol. The van der Waals surface area contributed by atoms with Gasteiger partial charge in [0.05, 0.1) is 5.69 Å². The summed E-state index contributed by atoms with van der Waals surface area (Å²) in [5.74, 6) is -0.810. The van der Waals surface area contributed by atoms with Crippen molar-refractivity contribution in [2.24, 2.45) is 5.92 Å². The maximum atomic E-state index is 12.9. The van der Waals surface area contributed by atoms with Gasteiger partial charge in [-0.15, -0.1) is 11.3 Å². The Morgan fingerprint density at radius 3 is 2.53 bits per heavy atom. The van der Waals surface area contributed by atoms with Gasteiger partial charge in [0, 0.05) is 42.9 Å². The molecule has 1 fully saturated rings. The molecule has 0 radical (unpaired) electrons. The number of hydrogen-bond donors (Lipinski definition) is 2. The minimum atomic E-state index is -0.392. The molecule has 1 saturated heterocycles. The van der Waals surface area contributed by atoms with Crippen LogP contribution in [-0.2, 0) is 9.59 Å². The normalized spacial score (nSPS) is 14.4. The second-order valence-electron chi connectivity index (χ2n) is 7.30. The summed E-state index contributed by atoms with van der Waals surface area (Å²) in [6, 6.07) is 5.32. The second-order valence-corrected chi connectivity index (χ2v) is 8.16. The molecule has 30 heavy (non-hydrogen) atoms. The first-order valence-corrected chi connectivity index (χ1v) is 10.8. The van der Waals surface area contributed by atoms with Crippen LogP contribution in [0.15, 0.2) is 29.6 Å². The molecule has 1 aromatic heterocycles. The van der Waals surface area contributed by atoms with Gasteiger partial charge in [-0.25, -0.2) is 9.37 Å². The van der Waals surface area contributed by atoms with Gasteiger partial charge in [0.2, 0.25) is 11.8 Å². The Labute approximate surface area is 178 Å². The van der Waals surface area contributed by atoms with Crippen molar-refractivity contribution < 1.29 is 18.8 Å². The quantitative estimate of drug-likeness (QED) is 0.658. The van der Waals surface area contributed by atoms with Crippen LogP contribution in [0.3, 0.4) is 0 Å². The molecule has 0 saturated carbocycles. The van der Waals surface area contributed by atoms with Crippen molar-refractivity contribution in [2.75, 3.05) is 25.0 Å². The Morgan fingerprint density at radius 2 is 1.90 bits per heavy atom. The van der Waals surface area contributed by atoms with Gasteiger partial charge in [-0.2, -0.15) is 0 Å². The fourth-order valence-corrected chi connectivity index (χ4v) is 4.00. The molecule has 0 spiro atoms. The van der Waals surface area contributed by atoms with E-state index in [-0.39, 0.29) is 23.6 Å². The molecule has 0 atom stereocenters. The van der Waals surface area contributed by atoms with E-state index >= 15 is 0 Å². The van der Waals surface area contributed by atoms with E-state index in [1.165, 1.54) is 35.6 Å². The molecule has 0 aliphatic carbocycles. The van der Waals surface area contributed by atoms with E-state index in [4.69, 9.17) is 0 Å². The summed E-state index contributed by atoms with van der Waals surface area (Å²) in [5.41, 5.74) is 1.26. The van der Waals surface area contributed by atoms with E-state index in [1.54, 1.807) is 4.90 Å². The van der Waals surface area contributed by atoms with Gasteiger partial charge >= 0.3 is 0 Å². The van der Waals surface area contributed by atoms with E-state index in [9.17, 15) is 18.8 Å². The predicted octanol–water partition coefficient (Wildman–Crippen LogP) is 2.98. The second kappa shape index (κ2) is 10.3. The number of carbonyl (C=O) groups is 3. The van der Waals surface area contributed by atoms with E-state index in [1.807, 2.05) is 12.3 Å². The van der Waals surface area contributed by atoms with Crippen LogP contribution in [0.5, 0.6) is 0 Å². The van der Waals surface area contributed by atoms with Crippen molar-refractivity contribution in [1.82, 2.24) is 15.2 Å². The number of thiazole rings is 1. The summed E-state index contributed by atoms with van der Waals surface area (Å²) >= 11 is 1.41. The lowest BCUT2D eigenvalue weighted by atomic mass is 9.95. The standard InChI is InChI=1S/C21H25FN4O3S/c1-14-13-30-21(24-14)25-20(29)16-8-11-26(12-9-16)18(27)3-2-10-23-19(28)15-4-6-17(22)7-5-15/h4-7,13,16H,2-3,8-12H2,1H3,(H,23,28)(H,24,25,29). The lowest BCUT2D eigenvalue weighted by Crippen LogP contribution is -2.41. The van der Waals surface area contributed by atoms with Crippen LogP contribution in [0.1, 0.15) is 41.7 Å². The van der Waals surface area contributed by atoms with Crippen molar-refractivity contribution in [3.8, 4) is 0 Å². The van der Waals surface area contributed by atoms with Gasteiger partial charge in [-0.3, -0.25) is 14.4 Å². The molecule has 3 rings (SSSR count). The molecular weight excluding hydrogens is 407 g/mol. The summed E-state index contributed by atoms with van der Waals surface area (Å²) in [4.78, 5) is 42.7. The molecule has 2 aromatic rings. The fraction of sp³-hybridized carbons (Fsp3) is 0.429. The smallest absolute Gasteiger partial charge is 0.251 e. The first kappa shape index (κ1) is 21.9. The number of halogens is 1. The van der Waals surface area contributed by atoms with Gasteiger partial charge in [0.15, 0.2) is 5.13 Å². The molecule has 1 aliphatic heterocycles. The number of anilines is 1. The predicted molar refractivity (Wildman–Crippen MR) is 113 cm³/mol. The highest BCUT2D eigenvalue weighted by Crippen LogP contribution is 2.21. The van der Waals surface area contributed by atoms with Gasteiger partial charge in [-0.05, 0) is 50.5 Å². The summed E-state index contributed by atoms with van der Waals surface area (Å²) in [7, 11) is 0. The number of hydrogen-bond acceptors (Lipinski definition) is 5. The van der Waals surface area contributed by atoms with Crippen LogP contribution in [-0.4, -0.2) is 47.2 Å². The zero-order valence-electron chi connectivity index (χ0n) is 16.8. The highest BCUT2D eigenvalue weighted by atomic mass is 32.1. The molecule has 1 aromatic carbocycles. The van der Waals surface area contributed by atoms with Crippen molar-refractivity contribution in [3.63, 3.8) is 0 Å². The number of aromatic nitrogens is 1. The number of carbonyl (C=O) groups excluding carboxylic acids is 3. The van der Waals surface area contributed by atoms with Crippen LogP contribution >= 0.6 is 11.3 Å². The Hall–Kier alpha value is -2.81. The SMILES string of the molecule is Cc1csc(NC(=O)C2CCN(C(=O)CCCNC(=O)c3ccc(F)cc3)CC2)n1. The molecule has 2 N–H and O–H groups in total. The van der Waals surface area contributed by atoms with Crippen LogP contribution in [0.25, 0.3) is 0 Å². The van der Waals surface area contributed by atoms with E-state index in [0.29, 0.717) is 56.0 Å². The lowest BCUT2D eigenvalue weighted by molar-refractivity contribution is -0.134. The molecule has 9 heteroatoms. The molecule has 160 valence electrons. The van der Waals surface area contributed by atoms with Crippen molar-refractivity contribution in [1.29, 1.82) is 0 Å². The average molecular weight is 433 g/mol. The third-order valence-electron chi connectivity index (χ3n) is 5.03.